The van der Waals surface area contributed by atoms with Crippen LogP contribution >= 0.6 is 0 Å². The molecule has 0 aliphatic rings. The fraction of sp³-hybridized carbons (Fsp3) is 0.727. The van der Waals surface area contributed by atoms with E-state index in [2.05, 4.69) is 19.8 Å². The zero-order valence-electron chi connectivity index (χ0n) is 8.55. The summed E-state index contributed by atoms with van der Waals surface area (Å²) >= 11 is 0. The number of carbonyl (C=O) groups is 1. The van der Waals surface area contributed by atoms with Crippen LogP contribution in [0.2, 0.25) is 0 Å². The SMILES string of the molecule is C#CCCC(=O)C(CN)CC(C)C. The predicted octanol–water partition coefficient (Wildman–Crippen LogP) is 1.59. The van der Waals surface area contributed by atoms with Gasteiger partial charge in [-0.3, -0.25) is 4.79 Å². The molecule has 13 heavy (non-hydrogen) atoms. The number of hydrogen-bond acceptors (Lipinski definition) is 2. The third-order valence-corrected chi connectivity index (χ3v) is 2.01. The van der Waals surface area contributed by atoms with Gasteiger partial charge in [-0.15, -0.1) is 12.3 Å². The number of Topliss-reactive ketones (excluding diaryl/α,β-unsaturated/α-hetero) is 1. The Balaban J connectivity index is 3.93. The fourth-order valence-corrected chi connectivity index (χ4v) is 1.33. The van der Waals surface area contributed by atoms with Crippen LogP contribution in [0.3, 0.4) is 0 Å². The van der Waals surface area contributed by atoms with Gasteiger partial charge in [-0.25, -0.2) is 0 Å². The average Bonchev–Trinajstić information content (AvgIpc) is 2.09. The highest BCUT2D eigenvalue weighted by molar-refractivity contribution is 5.81. The molecular weight excluding hydrogens is 162 g/mol. The summed E-state index contributed by atoms with van der Waals surface area (Å²) in [6.07, 6.45) is 6.97. The van der Waals surface area contributed by atoms with Crippen LogP contribution in [-0.2, 0) is 4.79 Å². The molecule has 0 aromatic carbocycles. The first-order valence-corrected chi connectivity index (χ1v) is 4.78. The molecule has 0 heterocycles. The van der Waals surface area contributed by atoms with Crippen molar-refractivity contribution in [1.82, 2.24) is 0 Å². The molecule has 0 aliphatic heterocycles. The molecule has 1 unspecified atom stereocenters. The topological polar surface area (TPSA) is 43.1 Å². The summed E-state index contributed by atoms with van der Waals surface area (Å²) < 4.78 is 0. The van der Waals surface area contributed by atoms with Crippen molar-refractivity contribution in [2.24, 2.45) is 17.6 Å². The summed E-state index contributed by atoms with van der Waals surface area (Å²) in [5.74, 6) is 3.21. The molecule has 0 saturated carbocycles. The van der Waals surface area contributed by atoms with Gasteiger partial charge in [-0.2, -0.15) is 0 Å². The minimum Gasteiger partial charge on any atom is -0.330 e. The highest BCUT2D eigenvalue weighted by Gasteiger charge is 2.16. The van der Waals surface area contributed by atoms with Crippen LogP contribution in [0.25, 0.3) is 0 Å². The summed E-state index contributed by atoms with van der Waals surface area (Å²) in [5.41, 5.74) is 5.52. The van der Waals surface area contributed by atoms with E-state index in [4.69, 9.17) is 12.2 Å². The van der Waals surface area contributed by atoms with E-state index in [1.807, 2.05) is 0 Å². The first-order chi connectivity index (χ1) is 6.11. The molecule has 0 aromatic rings. The molecular formula is C11H19NO. The van der Waals surface area contributed by atoms with Crippen LogP contribution in [0.4, 0.5) is 0 Å². The Morgan fingerprint density at radius 2 is 2.15 bits per heavy atom. The third kappa shape index (κ3) is 5.43. The Bertz CT molecular complexity index is 191. The van der Waals surface area contributed by atoms with Crippen LogP contribution in [0.5, 0.6) is 0 Å². The van der Waals surface area contributed by atoms with E-state index in [-0.39, 0.29) is 11.7 Å². The fourth-order valence-electron chi connectivity index (χ4n) is 1.33. The Morgan fingerprint density at radius 1 is 1.54 bits per heavy atom. The lowest BCUT2D eigenvalue weighted by atomic mass is 9.91. The molecule has 1 atom stereocenters. The van der Waals surface area contributed by atoms with E-state index >= 15 is 0 Å². The van der Waals surface area contributed by atoms with Gasteiger partial charge in [0.05, 0.1) is 0 Å². The van der Waals surface area contributed by atoms with Crippen molar-refractivity contribution in [2.45, 2.75) is 33.1 Å². The van der Waals surface area contributed by atoms with Crippen molar-refractivity contribution in [3.8, 4) is 12.3 Å². The van der Waals surface area contributed by atoms with Gasteiger partial charge >= 0.3 is 0 Å². The van der Waals surface area contributed by atoms with E-state index in [0.29, 0.717) is 25.3 Å². The van der Waals surface area contributed by atoms with Crippen molar-refractivity contribution in [2.75, 3.05) is 6.54 Å². The molecule has 0 fully saturated rings. The standard InChI is InChI=1S/C11H19NO/c1-4-5-6-11(13)10(8-12)7-9(2)3/h1,9-10H,5-8,12H2,2-3H3. The lowest BCUT2D eigenvalue weighted by molar-refractivity contribution is -0.122. The van der Waals surface area contributed by atoms with Crippen molar-refractivity contribution in [3.63, 3.8) is 0 Å². The third-order valence-electron chi connectivity index (χ3n) is 2.01. The molecule has 0 spiro atoms. The average molecular weight is 181 g/mol. The van der Waals surface area contributed by atoms with Crippen LogP contribution in [0.1, 0.15) is 33.1 Å². The Kier molecular flexibility index (Phi) is 6.26. The van der Waals surface area contributed by atoms with Gasteiger partial charge in [0.1, 0.15) is 5.78 Å². The highest BCUT2D eigenvalue weighted by atomic mass is 16.1. The second kappa shape index (κ2) is 6.68. The summed E-state index contributed by atoms with van der Waals surface area (Å²) in [4.78, 5) is 11.5. The summed E-state index contributed by atoms with van der Waals surface area (Å²) in [6, 6.07) is 0. The van der Waals surface area contributed by atoms with Gasteiger partial charge in [0.15, 0.2) is 0 Å². The maximum atomic E-state index is 11.5. The van der Waals surface area contributed by atoms with Crippen LogP contribution < -0.4 is 5.73 Å². The number of nitrogens with two attached hydrogens (primary N) is 1. The van der Waals surface area contributed by atoms with E-state index in [1.54, 1.807) is 0 Å². The van der Waals surface area contributed by atoms with E-state index in [9.17, 15) is 4.79 Å². The van der Waals surface area contributed by atoms with Crippen molar-refractivity contribution >= 4 is 5.78 Å². The van der Waals surface area contributed by atoms with Gasteiger partial charge in [-0.1, -0.05) is 13.8 Å². The van der Waals surface area contributed by atoms with Gasteiger partial charge in [0.25, 0.3) is 0 Å². The summed E-state index contributed by atoms with van der Waals surface area (Å²) in [6.45, 7) is 4.63. The quantitative estimate of drug-likeness (QED) is 0.632. The Hall–Kier alpha value is -0.810. The number of terminal acetylenes is 1. The zero-order valence-corrected chi connectivity index (χ0v) is 8.55. The summed E-state index contributed by atoms with van der Waals surface area (Å²) in [7, 11) is 0. The second-order valence-corrected chi connectivity index (χ2v) is 3.73. The second-order valence-electron chi connectivity index (χ2n) is 3.73. The molecule has 2 heteroatoms. The molecule has 2 nitrogen and oxygen atoms in total. The predicted molar refractivity (Wildman–Crippen MR) is 55.1 cm³/mol. The highest BCUT2D eigenvalue weighted by Crippen LogP contribution is 2.13. The van der Waals surface area contributed by atoms with Crippen molar-refractivity contribution < 1.29 is 4.79 Å². The van der Waals surface area contributed by atoms with E-state index in [0.717, 1.165) is 6.42 Å². The Morgan fingerprint density at radius 3 is 2.54 bits per heavy atom. The first kappa shape index (κ1) is 12.2. The molecule has 0 rings (SSSR count). The van der Waals surface area contributed by atoms with Crippen LogP contribution in [0.15, 0.2) is 0 Å². The van der Waals surface area contributed by atoms with Gasteiger partial charge in [-0.05, 0) is 12.3 Å². The maximum Gasteiger partial charge on any atom is 0.138 e. The van der Waals surface area contributed by atoms with Crippen molar-refractivity contribution in [3.05, 3.63) is 0 Å². The molecule has 0 aliphatic carbocycles. The molecule has 0 saturated heterocycles. The molecule has 0 aromatic heterocycles. The largest absolute Gasteiger partial charge is 0.330 e. The lowest BCUT2D eigenvalue weighted by Gasteiger charge is -2.14. The van der Waals surface area contributed by atoms with Gasteiger partial charge in [0, 0.05) is 25.3 Å². The number of ketones is 1. The zero-order chi connectivity index (χ0) is 10.3. The lowest BCUT2D eigenvalue weighted by Crippen LogP contribution is -2.25. The van der Waals surface area contributed by atoms with Crippen LogP contribution in [0, 0.1) is 24.2 Å². The minimum atomic E-state index is 0.00773. The van der Waals surface area contributed by atoms with E-state index in [1.165, 1.54) is 0 Å². The monoisotopic (exact) mass is 181 g/mol. The van der Waals surface area contributed by atoms with Crippen molar-refractivity contribution in [1.29, 1.82) is 0 Å². The Labute approximate surface area is 80.9 Å². The van der Waals surface area contributed by atoms with Gasteiger partial charge < -0.3 is 5.73 Å². The van der Waals surface area contributed by atoms with Crippen LogP contribution in [-0.4, -0.2) is 12.3 Å². The molecule has 0 bridgehead atoms. The van der Waals surface area contributed by atoms with Gasteiger partial charge in [0.2, 0.25) is 0 Å². The smallest absolute Gasteiger partial charge is 0.138 e. The normalized spacial score (nSPS) is 12.5. The number of carbonyl (C=O) groups excluding carboxylic acids is 1. The maximum absolute atomic E-state index is 11.5. The van der Waals surface area contributed by atoms with E-state index < -0.39 is 0 Å². The number of hydrogen-bond donors (Lipinski definition) is 1. The first-order valence-electron chi connectivity index (χ1n) is 4.78. The molecule has 74 valence electrons. The molecule has 2 N–H and O–H groups in total. The molecule has 0 radical (unpaired) electrons. The number of rotatable bonds is 6. The summed E-state index contributed by atoms with van der Waals surface area (Å²) in [5, 5.41) is 0. The minimum absolute atomic E-state index is 0.00773. The molecule has 0 amide bonds.